The lowest BCUT2D eigenvalue weighted by Gasteiger charge is -2.15. The van der Waals surface area contributed by atoms with E-state index in [-0.39, 0.29) is 18.6 Å². The molecular weight excluding hydrogens is 330 g/mol. The quantitative estimate of drug-likeness (QED) is 0.771. The Bertz CT molecular complexity index is 768. The Morgan fingerprint density at radius 3 is 2.42 bits per heavy atom. The Balaban J connectivity index is 1.88. The number of carbonyl (C=O) groups is 2. The molecule has 5 nitrogen and oxygen atoms in total. The highest BCUT2D eigenvalue weighted by molar-refractivity contribution is 5.91. The normalized spacial score (nSPS) is 11.5. The van der Waals surface area contributed by atoms with Gasteiger partial charge in [0.15, 0.2) is 6.61 Å². The van der Waals surface area contributed by atoms with Crippen molar-refractivity contribution in [1.29, 1.82) is 0 Å². The van der Waals surface area contributed by atoms with Crippen molar-refractivity contribution >= 4 is 11.9 Å². The van der Waals surface area contributed by atoms with Crippen molar-refractivity contribution in [2.45, 2.75) is 33.2 Å². The molecular formula is C21H25NO4. The van der Waals surface area contributed by atoms with Crippen molar-refractivity contribution in [3.63, 3.8) is 0 Å². The largest absolute Gasteiger partial charge is 0.496 e. The molecule has 0 aromatic heterocycles. The van der Waals surface area contributed by atoms with Gasteiger partial charge < -0.3 is 14.8 Å². The van der Waals surface area contributed by atoms with Gasteiger partial charge in [-0.25, -0.2) is 4.79 Å². The summed E-state index contributed by atoms with van der Waals surface area (Å²) in [7, 11) is 1.54. The Labute approximate surface area is 154 Å². The number of methoxy groups -OCH3 is 1. The summed E-state index contributed by atoms with van der Waals surface area (Å²) in [4.78, 5) is 24.1. The maximum atomic E-state index is 12.1. The van der Waals surface area contributed by atoms with Gasteiger partial charge in [-0.2, -0.15) is 0 Å². The molecule has 2 rings (SSSR count). The maximum Gasteiger partial charge on any atom is 0.338 e. The molecule has 0 unspecified atom stereocenters. The molecule has 0 saturated carbocycles. The van der Waals surface area contributed by atoms with Crippen molar-refractivity contribution < 1.29 is 19.1 Å². The molecule has 0 spiro atoms. The average molecular weight is 355 g/mol. The van der Waals surface area contributed by atoms with E-state index in [9.17, 15) is 9.59 Å². The van der Waals surface area contributed by atoms with Crippen LogP contribution in [0.4, 0.5) is 0 Å². The predicted molar refractivity (Wildman–Crippen MR) is 100 cm³/mol. The monoisotopic (exact) mass is 355 g/mol. The molecule has 2 aromatic rings. The molecule has 0 bridgehead atoms. The SMILES string of the molecule is CCc1ccc([C@H](C)NC(=O)COC(=O)c2ccc(C)c(OC)c2)cc1. The summed E-state index contributed by atoms with van der Waals surface area (Å²) >= 11 is 0. The Hall–Kier alpha value is -2.82. The van der Waals surface area contributed by atoms with Gasteiger partial charge in [-0.3, -0.25) is 4.79 Å². The highest BCUT2D eigenvalue weighted by Gasteiger charge is 2.14. The number of aryl methyl sites for hydroxylation is 2. The van der Waals surface area contributed by atoms with Crippen LogP contribution < -0.4 is 10.1 Å². The molecule has 0 aliphatic rings. The topological polar surface area (TPSA) is 64.6 Å². The van der Waals surface area contributed by atoms with Crippen LogP contribution in [0.5, 0.6) is 5.75 Å². The Morgan fingerprint density at radius 1 is 1.12 bits per heavy atom. The first-order valence-electron chi connectivity index (χ1n) is 8.64. The second-order valence-electron chi connectivity index (χ2n) is 6.14. The van der Waals surface area contributed by atoms with Crippen LogP contribution in [0.25, 0.3) is 0 Å². The number of hydrogen-bond donors (Lipinski definition) is 1. The van der Waals surface area contributed by atoms with E-state index in [4.69, 9.17) is 9.47 Å². The van der Waals surface area contributed by atoms with Gasteiger partial charge in [-0.15, -0.1) is 0 Å². The van der Waals surface area contributed by atoms with Crippen molar-refractivity contribution in [3.8, 4) is 5.75 Å². The molecule has 0 aliphatic heterocycles. The number of benzene rings is 2. The Kier molecular flexibility index (Phi) is 6.78. The van der Waals surface area contributed by atoms with E-state index in [0.717, 1.165) is 17.5 Å². The summed E-state index contributed by atoms with van der Waals surface area (Å²) in [5.41, 5.74) is 3.52. The zero-order valence-corrected chi connectivity index (χ0v) is 15.7. The zero-order valence-electron chi connectivity index (χ0n) is 15.7. The van der Waals surface area contributed by atoms with Crippen LogP contribution in [-0.2, 0) is 16.0 Å². The molecule has 1 amide bonds. The van der Waals surface area contributed by atoms with Gasteiger partial charge in [0.2, 0.25) is 0 Å². The van der Waals surface area contributed by atoms with E-state index >= 15 is 0 Å². The van der Waals surface area contributed by atoms with Gasteiger partial charge in [0.1, 0.15) is 5.75 Å². The van der Waals surface area contributed by atoms with Gasteiger partial charge in [0, 0.05) is 0 Å². The van der Waals surface area contributed by atoms with Crippen LogP contribution in [0.3, 0.4) is 0 Å². The summed E-state index contributed by atoms with van der Waals surface area (Å²) in [5.74, 6) is -0.295. The molecule has 5 heteroatoms. The second-order valence-corrected chi connectivity index (χ2v) is 6.14. The van der Waals surface area contributed by atoms with Crippen molar-refractivity contribution in [2.75, 3.05) is 13.7 Å². The molecule has 0 heterocycles. The zero-order chi connectivity index (χ0) is 19.1. The first-order valence-corrected chi connectivity index (χ1v) is 8.64. The van der Waals surface area contributed by atoms with Crippen LogP contribution >= 0.6 is 0 Å². The first-order chi connectivity index (χ1) is 12.4. The van der Waals surface area contributed by atoms with Gasteiger partial charge in [-0.1, -0.05) is 37.3 Å². The van der Waals surface area contributed by atoms with E-state index in [1.54, 1.807) is 25.3 Å². The lowest BCUT2D eigenvalue weighted by molar-refractivity contribution is -0.124. The maximum absolute atomic E-state index is 12.1. The number of ether oxygens (including phenoxy) is 2. The number of esters is 1. The molecule has 1 atom stereocenters. The summed E-state index contributed by atoms with van der Waals surface area (Å²) in [6.07, 6.45) is 0.973. The minimum absolute atomic E-state index is 0.161. The molecule has 138 valence electrons. The van der Waals surface area contributed by atoms with Crippen LogP contribution in [-0.4, -0.2) is 25.6 Å². The summed E-state index contributed by atoms with van der Waals surface area (Å²) < 4.78 is 10.3. The fourth-order valence-corrected chi connectivity index (χ4v) is 2.57. The predicted octanol–water partition coefficient (Wildman–Crippen LogP) is 3.60. The van der Waals surface area contributed by atoms with Crippen molar-refractivity contribution in [2.24, 2.45) is 0 Å². The van der Waals surface area contributed by atoms with Crippen LogP contribution in [0, 0.1) is 6.92 Å². The molecule has 26 heavy (non-hydrogen) atoms. The van der Waals surface area contributed by atoms with Gasteiger partial charge >= 0.3 is 5.97 Å². The summed E-state index contributed by atoms with van der Waals surface area (Å²) in [5, 5.41) is 2.83. The lowest BCUT2D eigenvalue weighted by Crippen LogP contribution is -2.31. The standard InChI is InChI=1S/C21H25NO4/c1-5-16-7-10-17(11-8-16)15(3)22-20(23)13-26-21(24)18-9-6-14(2)19(12-18)25-4/h6-12,15H,5,13H2,1-4H3,(H,22,23)/t15-/m0/s1. The third-order valence-corrected chi connectivity index (χ3v) is 4.24. The molecule has 0 radical (unpaired) electrons. The van der Waals surface area contributed by atoms with Crippen molar-refractivity contribution in [3.05, 3.63) is 64.7 Å². The molecule has 0 aliphatic carbocycles. The molecule has 1 N–H and O–H groups in total. The van der Waals surface area contributed by atoms with Crippen molar-refractivity contribution in [1.82, 2.24) is 5.32 Å². The molecule has 0 fully saturated rings. The van der Waals surface area contributed by atoms with E-state index in [0.29, 0.717) is 11.3 Å². The average Bonchev–Trinajstić information content (AvgIpc) is 2.66. The van der Waals surface area contributed by atoms with Gasteiger partial charge in [0.25, 0.3) is 5.91 Å². The fourth-order valence-electron chi connectivity index (χ4n) is 2.57. The molecule has 2 aromatic carbocycles. The highest BCUT2D eigenvalue weighted by atomic mass is 16.5. The highest BCUT2D eigenvalue weighted by Crippen LogP contribution is 2.19. The van der Waals surface area contributed by atoms with Crippen LogP contribution in [0.2, 0.25) is 0 Å². The van der Waals surface area contributed by atoms with Gasteiger partial charge in [-0.05, 0) is 49.1 Å². The fraction of sp³-hybridized carbons (Fsp3) is 0.333. The van der Waals surface area contributed by atoms with Gasteiger partial charge in [0.05, 0.1) is 18.7 Å². The minimum atomic E-state index is -0.557. The minimum Gasteiger partial charge on any atom is -0.496 e. The van der Waals surface area contributed by atoms with E-state index < -0.39 is 5.97 Å². The first kappa shape index (κ1) is 19.5. The molecule has 0 saturated heterocycles. The third kappa shape index (κ3) is 5.09. The second kappa shape index (κ2) is 9.04. The third-order valence-electron chi connectivity index (χ3n) is 4.24. The number of rotatable bonds is 7. The van der Waals surface area contributed by atoms with E-state index in [2.05, 4.69) is 12.2 Å². The van der Waals surface area contributed by atoms with E-state index in [1.165, 1.54) is 5.56 Å². The number of nitrogens with one attached hydrogen (secondary N) is 1. The van der Waals surface area contributed by atoms with Crippen LogP contribution in [0.15, 0.2) is 42.5 Å². The number of carbonyl (C=O) groups excluding carboxylic acids is 2. The van der Waals surface area contributed by atoms with E-state index in [1.807, 2.05) is 38.1 Å². The summed E-state index contributed by atoms with van der Waals surface area (Å²) in [6.45, 7) is 5.55. The smallest absolute Gasteiger partial charge is 0.338 e. The summed E-state index contributed by atoms with van der Waals surface area (Å²) in [6, 6.07) is 12.9. The number of amides is 1. The number of hydrogen-bond acceptors (Lipinski definition) is 4. The Morgan fingerprint density at radius 2 is 1.81 bits per heavy atom. The lowest BCUT2D eigenvalue weighted by atomic mass is 10.1. The van der Waals surface area contributed by atoms with Crippen LogP contribution in [0.1, 0.15) is 46.9 Å².